The minimum absolute atomic E-state index is 0.0871. The predicted octanol–water partition coefficient (Wildman–Crippen LogP) is 0.569. The Morgan fingerprint density at radius 3 is 2.55 bits per heavy atom. The lowest BCUT2D eigenvalue weighted by molar-refractivity contribution is -0.122. The van der Waals surface area contributed by atoms with Crippen molar-refractivity contribution in [1.82, 2.24) is 5.32 Å². The van der Waals surface area contributed by atoms with E-state index in [2.05, 4.69) is 11.4 Å². The van der Waals surface area contributed by atoms with Crippen LogP contribution >= 0.6 is 0 Å². The lowest BCUT2D eigenvalue weighted by Crippen LogP contribution is -2.36. The number of nitrogens with one attached hydrogen (secondary N) is 1. The fraction of sp³-hybridized carbons (Fsp3) is 0.750. The first-order valence-corrected chi connectivity index (χ1v) is 3.99. The summed E-state index contributed by atoms with van der Waals surface area (Å²) in [5.41, 5.74) is -0.459. The van der Waals surface area contributed by atoms with Crippen LogP contribution in [-0.2, 0) is 4.79 Å². The molecule has 0 aromatic heterocycles. The van der Waals surface area contributed by atoms with Crippen LogP contribution in [0, 0.1) is 17.2 Å². The SMILES string of the molecule is N#CC1(NC(=O)C2CC2)CC1. The van der Waals surface area contributed by atoms with E-state index in [0.29, 0.717) is 0 Å². The number of rotatable bonds is 2. The van der Waals surface area contributed by atoms with Crippen LogP contribution in [0.25, 0.3) is 0 Å². The average Bonchev–Trinajstić information content (AvgIpc) is 2.85. The first-order valence-electron chi connectivity index (χ1n) is 3.99. The Hall–Kier alpha value is -1.04. The van der Waals surface area contributed by atoms with Gasteiger partial charge in [0.25, 0.3) is 0 Å². The van der Waals surface area contributed by atoms with E-state index < -0.39 is 5.54 Å². The second-order valence-electron chi connectivity index (χ2n) is 3.46. The van der Waals surface area contributed by atoms with Crippen LogP contribution in [0.1, 0.15) is 25.7 Å². The van der Waals surface area contributed by atoms with Crippen molar-refractivity contribution in [2.24, 2.45) is 5.92 Å². The molecule has 0 aromatic rings. The van der Waals surface area contributed by atoms with Gasteiger partial charge in [0, 0.05) is 5.92 Å². The molecule has 0 atom stereocenters. The molecule has 0 saturated heterocycles. The van der Waals surface area contributed by atoms with E-state index in [1.165, 1.54) is 0 Å². The second-order valence-corrected chi connectivity index (χ2v) is 3.46. The van der Waals surface area contributed by atoms with E-state index in [1.54, 1.807) is 0 Å². The molecular formula is C8H10N2O. The Labute approximate surface area is 65.4 Å². The first-order chi connectivity index (χ1) is 5.26. The average molecular weight is 150 g/mol. The summed E-state index contributed by atoms with van der Waals surface area (Å²) in [5.74, 6) is 0.310. The quantitative estimate of drug-likeness (QED) is 0.625. The van der Waals surface area contributed by atoms with Crippen LogP contribution in [0.4, 0.5) is 0 Å². The fourth-order valence-corrected chi connectivity index (χ4v) is 1.07. The Balaban J connectivity index is 1.90. The molecule has 58 valence electrons. The summed E-state index contributed by atoms with van der Waals surface area (Å²) in [6.07, 6.45) is 3.69. The van der Waals surface area contributed by atoms with E-state index in [0.717, 1.165) is 25.7 Å². The monoisotopic (exact) mass is 150 g/mol. The van der Waals surface area contributed by atoms with E-state index in [-0.39, 0.29) is 11.8 Å². The van der Waals surface area contributed by atoms with Crippen molar-refractivity contribution in [2.75, 3.05) is 0 Å². The topological polar surface area (TPSA) is 52.9 Å². The number of amides is 1. The molecule has 11 heavy (non-hydrogen) atoms. The van der Waals surface area contributed by atoms with Crippen molar-refractivity contribution >= 4 is 5.91 Å². The van der Waals surface area contributed by atoms with Gasteiger partial charge in [-0.3, -0.25) is 4.79 Å². The van der Waals surface area contributed by atoms with Crippen LogP contribution in [0.2, 0.25) is 0 Å². The standard InChI is InChI=1S/C8H10N2O/c9-5-8(3-4-8)10-7(11)6-1-2-6/h6H,1-4H2,(H,10,11). The lowest BCUT2D eigenvalue weighted by Gasteiger charge is -2.06. The van der Waals surface area contributed by atoms with Gasteiger partial charge in [-0.25, -0.2) is 0 Å². The number of nitriles is 1. The molecule has 2 aliphatic carbocycles. The highest BCUT2D eigenvalue weighted by atomic mass is 16.2. The second kappa shape index (κ2) is 1.97. The zero-order valence-electron chi connectivity index (χ0n) is 6.26. The van der Waals surface area contributed by atoms with Crippen molar-refractivity contribution in [3.8, 4) is 6.07 Å². The van der Waals surface area contributed by atoms with Crippen molar-refractivity contribution in [3.63, 3.8) is 0 Å². The fourth-order valence-electron chi connectivity index (χ4n) is 1.07. The highest BCUT2D eigenvalue weighted by molar-refractivity contribution is 5.82. The summed E-state index contributed by atoms with van der Waals surface area (Å²) in [6.45, 7) is 0. The smallest absolute Gasteiger partial charge is 0.224 e. The summed E-state index contributed by atoms with van der Waals surface area (Å²) in [6, 6.07) is 2.13. The van der Waals surface area contributed by atoms with Gasteiger partial charge in [0.1, 0.15) is 5.54 Å². The lowest BCUT2D eigenvalue weighted by atomic mass is 10.3. The first kappa shape index (κ1) is 6.66. The van der Waals surface area contributed by atoms with Crippen LogP contribution in [-0.4, -0.2) is 11.4 Å². The largest absolute Gasteiger partial charge is 0.338 e. The molecule has 2 saturated carbocycles. The van der Waals surface area contributed by atoms with Crippen LogP contribution in [0.15, 0.2) is 0 Å². The molecular weight excluding hydrogens is 140 g/mol. The van der Waals surface area contributed by atoms with E-state index >= 15 is 0 Å². The molecule has 0 aromatic carbocycles. The molecule has 1 amide bonds. The molecule has 2 rings (SSSR count). The van der Waals surface area contributed by atoms with Gasteiger partial charge < -0.3 is 5.32 Å². The summed E-state index contributed by atoms with van der Waals surface area (Å²) < 4.78 is 0. The third-order valence-electron chi connectivity index (χ3n) is 2.27. The van der Waals surface area contributed by atoms with Gasteiger partial charge in [-0.1, -0.05) is 0 Å². The third kappa shape index (κ3) is 1.21. The highest BCUT2D eigenvalue weighted by Gasteiger charge is 2.46. The van der Waals surface area contributed by atoms with Gasteiger partial charge in [0.2, 0.25) is 5.91 Å². The number of hydrogen-bond donors (Lipinski definition) is 1. The maximum absolute atomic E-state index is 11.2. The number of hydrogen-bond acceptors (Lipinski definition) is 2. The van der Waals surface area contributed by atoms with E-state index in [9.17, 15) is 4.79 Å². The van der Waals surface area contributed by atoms with Crippen molar-refractivity contribution in [1.29, 1.82) is 5.26 Å². The zero-order valence-corrected chi connectivity index (χ0v) is 6.26. The summed E-state index contributed by atoms with van der Waals surface area (Å²) >= 11 is 0. The molecule has 2 fully saturated rings. The zero-order chi connectivity index (χ0) is 7.90. The van der Waals surface area contributed by atoms with Gasteiger partial charge in [0.05, 0.1) is 6.07 Å². The minimum atomic E-state index is -0.459. The minimum Gasteiger partial charge on any atom is -0.338 e. The highest BCUT2D eigenvalue weighted by Crippen LogP contribution is 2.37. The van der Waals surface area contributed by atoms with E-state index in [4.69, 9.17) is 5.26 Å². The molecule has 0 heterocycles. The Morgan fingerprint density at radius 2 is 2.18 bits per heavy atom. The molecule has 3 heteroatoms. The Morgan fingerprint density at radius 1 is 1.55 bits per heavy atom. The molecule has 3 nitrogen and oxygen atoms in total. The summed E-state index contributed by atoms with van der Waals surface area (Å²) in [4.78, 5) is 11.2. The Kier molecular flexibility index (Phi) is 1.19. The third-order valence-corrected chi connectivity index (χ3v) is 2.27. The van der Waals surface area contributed by atoms with Crippen molar-refractivity contribution < 1.29 is 4.79 Å². The molecule has 1 N–H and O–H groups in total. The normalized spacial score (nSPS) is 25.4. The van der Waals surface area contributed by atoms with Gasteiger partial charge in [-0.2, -0.15) is 5.26 Å². The van der Waals surface area contributed by atoms with Crippen LogP contribution in [0.3, 0.4) is 0 Å². The molecule has 0 unspecified atom stereocenters. The van der Waals surface area contributed by atoms with Crippen molar-refractivity contribution in [3.05, 3.63) is 0 Å². The molecule has 0 bridgehead atoms. The number of carbonyl (C=O) groups excluding carboxylic acids is 1. The Bertz CT molecular complexity index is 233. The maximum Gasteiger partial charge on any atom is 0.224 e. The van der Waals surface area contributed by atoms with Gasteiger partial charge in [-0.15, -0.1) is 0 Å². The molecule has 0 aliphatic heterocycles. The van der Waals surface area contributed by atoms with Gasteiger partial charge >= 0.3 is 0 Å². The molecule has 2 aliphatic rings. The van der Waals surface area contributed by atoms with Crippen molar-refractivity contribution in [2.45, 2.75) is 31.2 Å². The molecule has 0 radical (unpaired) electrons. The predicted molar refractivity (Wildman–Crippen MR) is 38.4 cm³/mol. The van der Waals surface area contributed by atoms with Gasteiger partial charge in [0.15, 0.2) is 0 Å². The number of nitrogens with zero attached hydrogens (tertiary/aromatic N) is 1. The summed E-state index contributed by atoms with van der Waals surface area (Å²) in [5, 5.41) is 11.4. The van der Waals surface area contributed by atoms with Gasteiger partial charge in [-0.05, 0) is 25.7 Å². The maximum atomic E-state index is 11.2. The molecule has 0 spiro atoms. The van der Waals surface area contributed by atoms with E-state index in [1.807, 2.05) is 0 Å². The van der Waals surface area contributed by atoms with Crippen LogP contribution < -0.4 is 5.32 Å². The van der Waals surface area contributed by atoms with Crippen LogP contribution in [0.5, 0.6) is 0 Å². The summed E-state index contributed by atoms with van der Waals surface area (Å²) in [7, 11) is 0. The number of carbonyl (C=O) groups is 1.